The van der Waals surface area contributed by atoms with E-state index < -0.39 is 10.1 Å². The van der Waals surface area contributed by atoms with Gasteiger partial charge in [0.25, 0.3) is 10.1 Å². The molecule has 0 aromatic heterocycles. The van der Waals surface area contributed by atoms with Gasteiger partial charge in [0, 0.05) is 0 Å². The minimum Gasteiger partial charge on any atom is -0.265 e. The van der Waals surface area contributed by atoms with Crippen molar-refractivity contribution in [2.75, 3.05) is 5.75 Å². The van der Waals surface area contributed by atoms with Gasteiger partial charge in [-0.2, -0.15) is 8.42 Å². The first kappa shape index (κ1) is 16.2. The van der Waals surface area contributed by atoms with Gasteiger partial charge < -0.3 is 0 Å². The van der Waals surface area contributed by atoms with Crippen molar-refractivity contribution >= 4 is 10.1 Å². The summed E-state index contributed by atoms with van der Waals surface area (Å²) >= 11 is 0. The maximum atomic E-state index is 11.7. The third-order valence-corrected chi connectivity index (χ3v) is 4.26. The van der Waals surface area contributed by atoms with E-state index in [0.29, 0.717) is 6.42 Å². The van der Waals surface area contributed by atoms with Crippen molar-refractivity contribution in [1.82, 2.24) is 0 Å². The van der Waals surface area contributed by atoms with Crippen LogP contribution >= 0.6 is 0 Å². The first-order valence-corrected chi connectivity index (χ1v) is 8.63. The van der Waals surface area contributed by atoms with Crippen molar-refractivity contribution in [3.63, 3.8) is 0 Å². The Kier molecular flexibility index (Phi) is 7.75. The molecule has 0 saturated carbocycles. The van der Waals surface area contributed by atoms with Crippen LogP contribution in [0.2, 0.25) is 0 Å². The second-order valence-electron chi connectivity index (χ2n) is 4.78. The number of unbranched alkanes of at least 4 members (excludes halogenated alkanes) is 5. The molecule has 0 amide bonds. The molecule has 0 aliphatic rings. The predicted molar refractivity (Wildman–Crippen MR) is 78.4 cm³/mol. The zero-order valence-corrected chi connectivity index (χ0v) is 12.5. The van der Waals surface area contributed by atoms with E-state index in [0.717, 1.165) is 18.4 Å². The highest BCUT2D eigenvalue weighted by atomic mass is 32.2. The van der Waals surface area contributed by atoms with Gasteiger partial charge in [0.05, 0.1) is 12.4 Å². The Morgan fingerprint density at radius 3 is 2.26 bits per heavy atom. The molecule has 0 aliphatic heterocycles. The molecule has 1 aromatic rings. The second kappa shape index (κ2) is 9.10. The number of hydrogen-bond acceptors (Lipinski definition) is 3. The minimum absolute atomic E-state index is 0.131. The summed E-state index contributed by atoms with van der Waals surface area (Å²) in [7, 11) is -3.37. The summed E-state index contributed by atoms with van der Waals surface area (Å²) in [5.74, 6) is 0.131. The molecule has 0 bridgehead atoms. The van der Waals surface area contributed by atoms with Crippen molar-refractivity contribution in [3.05, 3.63) is 35.9 Å². The lowest BCUT2D eigenvalue weighted by molar-refractivity contribution is 0.307. The zero-order valence-electron chi connectivity index (χ0n) is 11.7. The van der Waals surface area contributed by atoms with Crippen molar-refractivity contribution in [1.29, 1.82) is 0 Å². The summed E-state index contributed by atoms with van der Waals surface area (Å²) in [5, 5.41) is 0. The molecule has 0 saturated heterocycles. The lowest BCUT2D eigenvalue weighted by Gasteiger charge is -2.05. The Balaban J connectivity index is 2.17. The number of benzene rings is 1. The Morgan fingerprint density at radius 2 is 1.58 bits per heavy atom. The van der Waals surface area contributed by atoms with Gasteiger partial charge in [0.1, 0.15) is 0 Å². The van der Waals surface area contributed by atoms with Gasteiger partial charge in [-0.1, -0.05) is 69.4 Å². The van der Waals surface area contributed by atoms with E-state index in [1.807, 2.05) is 30.3 Å². The van der Waals surface area contributed by atoms with E-state index in [1.54, 1.807) is 0 Å². The highest BCUT2D eigenvalue weighted by molar-refractivity contribution is 7.86. The van der Waals surface area contributed by atoms with Crippen LogP contribution in [0.5, 0.6) is 0 Å². The van der Waals surface area contributed by atoms with Gasteiger partial charge in [-0.25, -0.2) is 0 Å². The van der Waals surface area contributed by atoms with Crippen molar-refractivity contribution in [3.8, 4) is 0 Å². The second-order valence-corrected chi connectivity index (χ2v) is 6.54. The van der Waals surface area contributed by atoms with Crippen LogP contribution < -0.4 is 0 Å². The summed E-state index contributed by atoms with van der Waals surface area (Å²) in [5.41, 5.74) is 0.883. The zero-order chi connectivity index (χ0) is 14.0. The predicted octanol–water partition coefficient (Wildman–Crippen LogP) is 3.89. The topological polar surface area (TPSA) is 43.4 Å². The molecule has 0 N–H and O–H groups in total. The van der Waals surface area contributed by atoms with Crippen LogP contribution in [0.4, 0.5) is 0 Å². The molecular weight excluding hydrogens is 260 g/mol. The fourth-order valence-electron chi connectivity index (χ4n) is 1.85. The molecule has 4 heteroatoms. The fourth-order valence-corrected chi connectivity index (χ4v) is 2.84. The fraction of sp³-hybridized carbons (Fsp3) is 0.600. The van der Waals surface area contributed by atoms with Gasteiger partial charge in [0.2, 0.25) is 0 Å². The summed E-state index contributed by atoms with van der Waals surface area (Å²) in [6.07, 6.45) is 6.41. The van der Waals surface area contributed by atoms with Crippen LogP contribution in [-0.2, 0) is 20.9 Å². The molecule has 0 spiro atoms. The Labute approximate surface area is 117 Å². The van der Waals surface area contributed by atoms with E-state index in [4.69, 9.17) is 4.18 Å². The average Bonchev–Trinajstić information content (AvgIpc) is 2.42. The largest absolute Gasteiger partial charge is 0.267 e. The minimum atomic E-state index is -3.37. The molecule has 0 fully saturated rings. The monoisotopic (exact) mass is 284 g/mol. The van der Waals surface area contributed by atoms with Crippen molar-refractivity contribution < 1.29 is 12.6 Å². The van der Waals surface area contributed by atoms with Gasteiger partial charge in [-0.05, 0) is 12.0 Å². The molecule has 1 aromatic carbocycles. The van der Waals surface area contributed by atoms with E-state index in [-0.39, 0.29) is 12.4 Å². The van der Waals surface area contributed by atoms with Gasteiger partial charge in [0.15, 0.2) is 0 Å². The quantitative estimate of drug-likeness (QED) is 0.483. The normalized spacial score (nSPS) is 11.6. The summed E-state index contributed by atoms with van der Waals surface area (Å²) < 4.78 is 28.4. The van der Waals surface area contributed by atoms with Gasteiger partial charge in [-0.15, -0.1) is 0 Å². The first-order valence-electron chi connectivity index (χ1n) is 7.05. The van der Waals surface area contributed by atoms with Crippen LogP contribution in [0, 0.1) is 0 Å². The van der Waals surface area contributed by atoms with E-state index >= 15 is 0 Å². The molecule has 0 heterocycles. The van der Waals surface area contributed by atoms with E-state index in [9.17, 15) is 8.42 Å². The maximum absolute atomic E-state index is 11.7. The summed E-state index contributed by atoms with van der Waals surface area (Å²) in [6, 6.07) is 9.37. The van der Waals surface area contributed by atoms with Crippen LogP contribution in [0.3, 0.4) is 0 Å². The third kappa shape index (κ3) is 8.01. The van der Waals surface area contributed by atoms with Gasteiger partial charge in [-0.3, -0.25) is 4.18 Å². The van der Waals surface area contributed by atoms with Gasteiger partial charge >= 0.3 is 0 Å². The maximum Gasteiger partial charge on any atom is 0.267 e. The molecule has 3 nitrogen and oxygen atoms in total. The molecule has 108 valence electrons. The molecule has 1 rings (SSSR count). The van der Waals surface area contributed by atoms with Crippen LogP contribution in [0.25, 0.3) is 0 Å². The van der Waals surface area contributed by atoms with Crippen LogP contribution in [0.1, 0.15) is 51.0 Å². The van der Waals surface area contributed by atoms with Crippen molar-refractivity contribution in [2.24, 2.45) is 0 Å². The molecule has 19 heavy (non-hydrogen) atoms. The third-order valence-electron chi connectivity index (χ3n) is 3.00. The molecule has 0 unspecified atom stereocenters. The van der Waals surface area contributed by atoms with Crippen LogP contribution in [0.15, 0.2) is 30.3 Å². The number of rotatable bonds is 10. The highest BCUT2D eigenvalue weighted by Crippen LogP contribution is 2.09. The Hall–Kier alpha value is -0.870. The highest BCUT2D eigenvalue weighted by Gasteiger charge is 2.10. The standard InChI is InChI=1S/C15H24O3S/c1-2-3-4-5-6-10-13-19(16,17)18-14-15-11-8-7-9-12-15/h7-9,11-12H,2-6,10,13-14H2,1H3. The lowest BCUT2D eigenvalue weighted by atomic mass is 10.1. The Bertz CT molecular complexity index is 426. The number of hydrogen-bond donors (Lipinski definition) is 0. The van der Waals surface area contributed by atoms with Crippen LogP contribution in [-0.4, -0.2) is 14.2 Å². The first-order chi connectivity index (χ1) is 9.14. The average molecular weight is 284 g/mol. The SMILES string of the molecule is CCCCCCCCS(=O)(=O)OCc1ccccc1. The lowest BCUT2D eigenvalue weighted by Crippen LogP contribution is -2.10. The van der Waals surface area contributed by atoms with E-state index in [1.165, 1.54) is 19.3 Å². The van der Waals surface area contributed by atoms with E-state index in [2.05, 4.69) is 6.92 Å². The molecule has 0 aliphatic carbocycles. The Morgan fingerprint density at radius 1 is 0.947 bits per heavy atom. The molecular formula is C15H24O3S. The summed E-state index contributed by atoms with van der Waals surface area (Å²) in [4.78, 5) is 0. The molecule has 0 atom stereocenters. The summed E-state index contributed by atoms with van der Waals surface area (Å²) in [6.45, 7) is 2.31. The van der Waals surface area contributed by atoms with Crippen molar-refractivity contribution in [2.45, 2.75) is 52.1 Å². The smallest absolute Gasteiger partial charge is 0.265 e. The molecule has 0 radical (unpaired) electrons.